The highest BCUT2D eigenvalue weighted by molar-refractivity contribution is 7.89. The van der Waals surface area contributed by atoms with E-state index in [1.165, 1.54) is 0 Å². The van der Waals surface area contributed by atoms with Gasteiger partial charge in [-0.2, -0.15) is 4.31 Å². The molecule has 6 heteroatoms. The third-order valence-electron chi connectivity index (χ3n) is 2.89. The van der Waals surface area contributed by atoms with E-state index in [2.05, 4.69) is 19.2 Å². The lowest BCUT2D eigenvalue weighted by Crippen LogP contribution is -2.38. The van der Waals surface area contributed by atoms with Gasteiger partial charge in [-0.25, -0.2) is 8.42 Å². The quantitative estimate of drug-likeness (QED) is 0.558. The Morgan fingerprint density at radius 2 is 1.80 bits per heavy atom. The molecule has 0 saturated carbocycles. The molecule has 0 aromatic heterocycles. The minimum atomic E-state index is -3.16. The van der Waals surface area contributed by atoms with E-state index in [0.29, 0.717) is 38.1 Å². The highest BCUT2D eigenvalue weighted by Gasteiger charge is 2.21. The Morgan fingerprint density at radius 1 is 1.15 bits per heavy atom. The highest BCUT2D eigenvalue weighted by Crippen LogP contribution is 2.08. The minimum absolute atomic E-state index is 0.225. The number of sulfonamides is 1. The van der Waals surface area contributed by atoms with Crippen molar-refractivity contribution in [2.24, 2.45) is 5.92 Å². The van der Waals surface area contributed by atoms with Crippen molar-refractivity contribution in [2.75, 3.05) is 39.1 Å². The molecule has 0 radical (unpaired) electrons. The van der Waals surface area contributed by atoms with Gasteiger partial charge in [0.1, 0.15) is 0 Å². The summed E-state index contributed by atoms with van der Waals surface area (Å²) in [6.45, 7) is 10.6. The molecule has 0 saturated heterocycles. The fourth-order valence-corrected chi connectivity index (χ4v) is 3.58. The first-order valence-electron chi connectivity index (χ1n) is 7.49. The maximum atomic E-state index is 12.3. The zero-order valence-electron chi connectivity index (χ0n) is 13.7. The molecule has 0 rings (SSSR count). The van der Waals surface area contributed by atoms with Crippen LogP contribution >= 0.6 is 0 Å². The molecule has 0 fully saturated rings. The van der Waals surface area contributed by atoms with Crippen LogP contribution in [0.1, 0.15) is 40.5 Å². The lowest BCUT2D eigenvalue weighted by atomic mass is 10.2. The number of rotatable bonds is 12. The molecule has 0 spiro atoms. The Labute approximate surface area is 125 Å². The molecule has 0 amide bonds. The summed E-state index contributed by atoms with van der Waals surface area (Å²) in [6, 6.07) is 0.450. The summed E-state index contributed by atoms with van der Waals surface area (Å²) in [4.78, 5) is 0. The van der Waals surface area contributed by atoms with E-state index in [1.807, 2.05) is 13.8 Å². The van der Waals surface area contributed by atoms with Gasteiger partial charge in [0.2, 0.25) is 10.0 Å². The monoisotopic (exact) mass is 308 g/mol. The molecule has 0 atom stereocenters. The van der Waals surface area contributed by atoms with Crippen molar-refractivity contribution in [3.63, 3.8) is 0 Å². The zero-order valence-corrected chi connectivity index (χ0v) is 14.5. The van der Waals surface area contributed by atoms with E-state index in [4.69, 9.17) is 4.74 Å². The predicted molar refractivity (Wildman–Crippen MR) is 84.4 cm³/mol. The molecule has 0 unspecified atom stereocenters. The molecule has 0 bridgehead atoms. The number of nitrogens with one attached hydrogen (secondary N) is 1. The van der Waals surface area contributed by atoms with Crippen LogP contribution in [0, 0.1) is 5.92 Å². The van der Waals surface area contributed by atoms with E-state index < -0.39 is 10.0 Å². The molecule has 20 heavy (non-hydrogen) atoms. The first-order valence-corrected chi connectivity index (χ1v) is 9.10. The summed E-state index contributed by atoms with van der Waals surface area (Å²) in [5.74, 6) is 0.549. The summed E-state index contributed by atoms with van der Waals surface area (Å²) in [7, 11) is -1.57. The maximum Gasteiger partial charge on any atom is 0.214 e. The average Bonchev–Trinajstić information content (AvgIpc) is 2.32. The smallest absolute Gasteiger partial charge is 0.214 e. The Hall–Kier alpha value is -0.170. The lowest BCUT2D eigenvalue weighted by molar-refractivity contribution is 0.175. The summed E-state index contributed by atoms with van der Waals surface area (Å²) >= 11 is 0. The second kappa shape index (κ2) is 10.5. The van der Waals surface area contributed by atoms with Crippen molar-refractivity contribution in [3.05, 3.63) is 0 Å². The predicted octanol–water partition coefficient (Wildman–Crippen LogP) is 1.70. The second-order valence-electron chi connectivity index (χ2n) is 5.88. The molecule has 0 aromatic rings. The Kier molecular flexibility index (Phi) is 10.5. The fourth-order valence-electron chi connectivity index (χ4n) is 1.87. The highest BCUT2D eigenvalue weighted by atomic mass is 32.2. The van der Waals surface area contributed by atoms with E-state index in [-0.39, 0.29) is 5.75 Å². The number of hydrogen-bond acceptors (Lipinski definition) is 4. The van der Waals surface area contributed by atoms with Gasteiger partial charge in [-0.15, -0.1) is 0 Å². The summed E-state index contributed by atoms with van der Waals surface area (Å²) in [5.41, 5.74) is 0. The normalized spacial score (nSPS) is 12.8. The third-order valence-corrected chi connectivity index (χ3v) is 4.81. The van der Waals surface area contributed by atoms with Crippen molar-refractivity contribution < 1.29 is 13.2 Å². The molecular weight excluding hydrogens is 276 g/mol. The molecule has 122 valence electrons. The Bertz CT molecular complexity index is 329. The van der Waals surface area contributed by atoms with E-state index in [0.717, 1.165) is 13.0 Å². The van der Waals surface area contributed by atoms with Crippen molar-refractivity contribution in [2.45, 2.75) is 46.6 Å². The van der Waals surface area contributed by atoms with E-state index in [1.54, 1.807) is 11.4 Å². The number of ether oxygens (including phenoxy) is 1. The van der Waals surface area contributed by atoms with Gasteiger partial charge < -0.3 is 10.1 Å². The number of unbranched alkanes of at least 4 members (excludes halogenated alkanes) is 1. The lowest BCUT2D eigenvalue weighted by Gasteiger charge is -2.23. The zero-order chi connectivity index (χ0) is 15.6. The molecule has 0 heterocycles. The van der Waals surface area contributed by atoms with Crippen LogP contribution in [0.25, 0.3) is 0 Å². The van der Waals surface area contributed by atoms with Crippen LogP contribution in [0.4, 0.5) is 0 Å². The van der Waals surface area contributed by atoms with Gasteiger partial charge in [0.05, 0.1) is 12.4 Å². The van der Waals surface area contributed by atoms with Crippen LogP contribution < -0.4 is 5.32 Å². The fraction of sp³-hybridized carbons (Fsp3) is 1.00. The largest absolute Gasteiger partial charge is 0.383 e. The van der Waals surface area contributed by atoms with E-state index in [9.17, 15) is 8.42 Å². The van der Waals surface area contributed by atoms with Gasteiger partial charge in [0, 0.05) is 26.2 Å². The standard InChI is InChI=1S/C14H32N2O3S/c1-13(2)12-16(9-10-19-5)20(17,18)11-7-6-8-15-14(3)4/h13-15H,6-12H2,1-5H3. The van der Waals surface area contributed by atoms with Crippen LogP contribution in [-0.2, 0) is 14.8 Å². The number of nitrogens with zero attached hydrogens (tertiary/aromatic N) is 1. The van der Waals surface area contributed by atoms with Crippen LogP contribution in [0.5, 0.6) is 0 Å². The topological polar surface area (TPSA) is 58.6 Å². The number of hydrogen-bond donors (Lipinski definition) is 1. The van der Waals surface area contributed by atoms with Crippen molar-refractivity contribution in [1.29, 1.82) is 0 Å². The van der Waals surface area contributed by atoms with Crippen LogP contribution in [-0.4, -0.2) is 57.9 Å². The van der Waals surface area contributed by atoms with Gasteiger partial charge in [-0.3, -0.25) is 0 Å². The van der Waals surface area contributed by atoms with Gasteiger partial charge in [-0.1, -0.05) is 27.7 Å². The first kappa shape index (κ1) is 19.8. The van der Waals surface area contributed by atoms with Crippen molar-refractivity contribution in [3.8, 4) is 0 Å². The molecule has 0 aromatic carbocycles. The van der Waals surface area contributed by atoms with Gasteiger partial charge in [-0.05, 0) is 25.3 Å². The molecule has 5 nitrogen and oxygen atoms in total. The molecule has 0 aliphatic carbocycles. The molecular formula is C14H32N2O3S. The van der Waals surface area contributed by atoms with Crippen molar-refractivity contribution in [1.82, 2.24) is 9.62 Å². The first-order chi connectivity index (χ1) is 9.29. The SMILES string of the molecule is COCCN(CC(C)C)S(=O)(=O)CCCCNC(C)C. The summed E-state index contributed by atoms with van der Waals surface area (Å²) in [6.07, 6.45) is 1.58. The molecule has 1 N–H and O–H groups in total. The third kappa shape index (κ3) is 9.69. The van der Waals surface area contributed by atoms with Crippen LogP contribution in [0.2, 0.25) is 0 Å². The maximum absolute atomic E-state index is 12.3. The average molecular weight is 308 g/mol. The van der Waals surface area contributed by atoms with Gasteiger partial charge >= 0.3 is 0 Å². The van der Waals surface area contributed by atoms with Gasteiger partial charge in [0.25, 0.3) is 0 Å². The molecule has 0 aliphatic heterocycles. The van der Waals surface area contributed by atoms with E-state index >= 15 is 0 Å². The second-order valence-corrected chi connectivity index (χ2v) is 7.97. The van der Waals surface area contributed by atoms with Crippen LogP contribution in [0.15, 0.2) is 0 Å². The summed E-state index contributed by atoms with van der Waals surface area (Å²) < 4.78 is 31.2. The summed E-state index contributed by atoms with van der Waals surface area (Å²) in [5, 5.41) is 3.30. The Morgan fingerprint density at radius 3 is 2.30 bits per heavy atom. The number of methoxy groups -OCH3 is 1. The van der Waals surface area contributed by atoms with Crippen LogP contribution in [0.3, 0.4) is 0 Å². The Balaban J connectivity index is 4.24. The van der Waals surface area contributed by atoms with Crippen molar-refractivity contribution >= 4 is 10.0 Å². The van der Waals surface area contributed by atoms with Gasteiger partial charge in [0.15, 0.2) is 0 Å². The minimum Gasteiger partial charge on any atom is -0.383 e. The molecule has 0 aliphatic rings.